The summed E-state index contributed by atoms with van der Waals surface area (Å²) in [4.78, 5) is 24.0. The average Bonchev–Trinajstić information content (AvgIpc) is 2.73. The fourth-order valence-electron chi connectivity index (χ4n) is 2.51. The molecule has 0 radical (unpaired) electrons. The molecule has 0 amide bonds. The van der Waals surface area contributed by atoms with E-state index in [-0.39, 0.29) is 13.0 Å². The number of pyridine rings is 1. The summed E-state index contributed by atoms with van der Waals surface area (Å²) >= 11 is 0. The summed E-state index contributed by atoms with van der Waals surface area (Å²) in [7, 11) is 1.63. The van der Waals surface area contributed by atoms with Crippen molar-refractivity contribution in [1.82, 2.24) is 15.0 Å². The summed E-state index contributed by atoms with van der Waals surface area (Å²) in [6.07, 6.45) is 1.67. The number of aromatic nitrogens is 3. The minimum absolute atomic E-state index is 0.00447. The fourth-order valence-corrected chi connectivity index (χ4v) is 2.51. The third-order valence-electron chi connectivity index (χ3n) is 3.87. The molecule has 0 unspecified atom stereocenters. The number of hydrogen-bond donors (Lipinski definition) is 3. The molecule has 0 aliphatic heterocycles. The van der Waals surface area contributed by atoms with Crippen molar-refractivity contribution in [2.45, 2.75) is 13.0 Å². The van der Waals surface area contributed by atoms with Crippen LogP contribution in [-0.4, -0.2) is 39.7 Å². The van der Waals surface area contributed by atoms with Gasteiger partial charge in [-0.3, -0.25) is 9.78 Å². The molecule has 0 spiro atoms. The van der Waals surface area contributed by atoms with E-state index in [0.717, 1.165) is 11.3 Å². The zero-order valence-electron chi connectivity index (χ0n) is 15.4. The van der Waals surface area contributed by atoms with Crippen molar-refractivity contribution in [3.8, 4) is 17.3 Å². The first-order valence-electron chi connectivity index (χ1n) is 8.77. The van der Waals surface area contributed by atoms with Gasteiger partial charge in [0.1, 0.15) is 23.1 Å². The van der Waals surface area contributed by atoms with Crippen LogP contribution in [0.15, 0.2) is 54.7 Å². The van der Waals surface area contributed by atoms with Gasteiger partial charge < -0.3 is 20.5 Å². The first-order chi connectivity index (χ1) is 13.6. The molecule has 3 N–H and O–H groups in total. The van der Waals surface area contributed by atoms with E-state index in [1.165, 1.54) is 0 Å². The highest BCUT2D eigenvalue weighted by Gasteiger charge is 2.09. The second kappa shape index (κ2) is 9.31. The van der Waals surface area contributed by atoms with Gasteiger partial charge in [-0.15, -0.1) is 0 Å². The number of hydrogen-bond acceptors (Lipinski definition) is 7. The Morgan fingerprint density at radius 3 is 2.61 bits per heavy atom. The lowest BCUT2D eigenvalue weighted by atomic mass is 10.2. The van der Waals surface area contributed by atoms with Crippen molar-refractivity contribution in [2.75, 3.05) is 24.3 Å². The topological polar surface area (TPSA) is 109 Å². The number of anilines is 2. The van der Waals surface area contributed by atoms with Crippen molar-refractivity contribution in [3.05, 3.63) is 60.3 Å². The summed E-state index contributed by atoms with van der Waals surface area (Å²) in [5, 5.41) is 15.1. The minimum Gasteiger partial charge on any atom is -0.497 e. The monoisotopic (exact) mass is 379 g/mol. The molecule has 0 saturated carbocycles. The number of carbonyl (C=O) groups is 1. The van der Waals surface area contributed by atoms with Gasteiger partial charge in [0, 0.05) is 25.4 Å². The number of nitrogens with one attached hydrogen (secondary N) is 2. The summed E-state index contributed by atoms with van der Waals surface area (Å²) in [6.45, 7) is 0.813. The van der Waals surface area contributed by atoms with Crippen LogP contribution in [0, 0.1) is 0 Å². The molecule has 28 heavy (non-hydrogen) atoms. The number of carboxylic acids is 1. The van der Waals surface area contributed by atoms with Gasteiger partial charge in [0.05, 0.1) is 13.5 Å². The van der Waals surface area contributed by atoms with Gasteiger partial charge in [-0.1, -0.05) is 18.2 Å². The van der Waals surface area contributed by atoms with Crippen LogP contribution >= 0.6 is 0 Å². The smallest absolute Gasteiger partial charge is 0.305 e. The van der Waals surface area contributed by atoms with Gasteiger partial charge in [-0.25, -0.2) is 9.97 Å². The van der Waals surface area contributed by atoms with Gasteiger partial charge in [-0.05, 0) is 29.8 Å². The van der Waals surface area contributed by atoms with E-state index in [2.05, 4.69) is 25.6 Å². The third kappa shape index (κ3) is 5.41. The largest absolute Gasteiger partial charge is 0.497 e. The molecule has 144 valence electrons. The molecule has 2 aromatic heterocycles. The number of carboxylic acid groups (broad SMARTS) is 1. The van der Waals surface area contributed by atoms with E-state index in [0.29, 0.717) is 29.7 Å². The Balaban J connectivity index is 1.80. The quantitative estimate of drug-likeness (QED) is 0.520. The lowest BCUT2D eigenvalue weighted by Gasteiger charge is -2.11. The molecule has 3 rings (SSSR count). The lowest BCUT2D eigenvalue weighted by molar-refractivity contribution is -0.136. The molecule has 0 fully saturated rings. The predicted octanol–water partition coefficient (Wildman–Crippen LogP) is 3.05. The standard InChI is InChI=1S/C20H21N5O3/c1-28-15-6-4-5-14(11-15)13-23-18-12-17(22-10-8-19(26)27)24-20(25-18)16-7-2-3-9-21-16/h2-7,9,11-12H,8,10,13H2,1H3,(H,26,27)(H2,22,23,24,25). The van der Waals surface area contributed by atoms with Crippen LogP contribution in [0.2, 0.25) is 0 Å². The molecule has 0 aliphatic rings. The zero-order chi connectivity index (χ0) is 19.8. The molecule has 0 atom stereocenters. The van der Waals surface area contributed by atoms with E-state index in [4.69, 9.17) is 9.84 Å². The molecule has 8 nitrogen and oxygen atoms in total. The Bertz CT molecular complexity index is 934. The fraction of sp³-hybridized carbons (Fsp3) is 0.200. The Labute approximate surface area is 162 Å². The Hall–Kier alpha value is -3.68. The minimum atomic E-state index is -0.872. The molecular formula is C20H21N5O3. The molecule has 8 heteroatoms. The van der Waals surface area contributed by atoms with Crippen molar-refractivity contribution < 1.29 is 14.6 Å². The van der Waals surface area contributed by atoms with Gasteiger partial charge in [0.25, 0.3) is 0 Å². The summed E-state index contributed by atoms with van der Waals surface area (Å²) in [6, 6.07) is 15.0. The first-order valence-corrected chi connectivity index (χ1v) is 8.77. The Kier molecular flexibility index (Phi) is 6.35. The van der Waals surface area contributed by atoms with Crippen LogP contribution in [0.4, 0.5) is 11.6 Å². The van der Waals surface area contributed by atoms with E-state index in [1.54, 1.807) is 19.4 Å². The highest BCUT2D eigenvalue weighted by atomic mass is 16.5. The summed E-state index contributed by atoms with van der Waals surface area (Å²) in [5.41, 5.74) is 1.67. The van der Waals surface area contributed by atoms with Crippen LogP contribution in [0.3, 0.4) is 0 Å². The predicted molar refractivity (Wildman–Crippen MR) is 106 cm³/mol. The van der Waals surface area contributed by atoms with Gasteiger partial charge >= 0.3 is 5.97 Å². The lowest BCUT2D eigenvalue weighted by Crippen LogP contribution is -2.11. The zero-order valence-corrected chi connectivity index (χ0v) is 15.4. The number of methoxy groups -OCH3 is 1. The number of rotatable bonds is 9. The Morgan fingerprint density at radius 1 is 1.07 bits per heavy atom. The van der Waals surface area contributed by atoms with E-state index in [1.807, 2.05) is 42.5 Å². The van der Waals surface area contributed by atoms with Gasteiger partial charge in [0.2, 0.25) is 0 Å². The van der Waals surface area contributed by atoms with Crippen molar-refractivity contribution in [1.29, 1.82) is 0 Å². The summed E-state index contributed by atoms with van der Waals surface area (Å²) < 4.78 is 5.25. The number of benzene rings is 1. The maximum atomic E-state index is 10.8. The highest BCUT2D eigenvalue weighted by molar-refractivity contribution is 5.67. The SMILES string of the molecule is COc1cccc(CNc2cc(NCCC(=O)O)nc(-c3ccccn3)n2)c1. The van der Waals surface area contributed by atoms with E-state index >= 15 is 0 Å². The van der Waals surface area contributed by atoms with Gasteiger partial charge in [-0.2, -0.15) is 0 Å². The van der Waals surface area contributed by atoms with Crippen LogP contribution in [0.25, 0.3) is 11.5 Å². The second-order valence-electron chi connectivity index (χ2n) is 5.95. The number of nitrogens with zero attached hydrogens (tertiary/aromatic N) is 3. The first kappa shape index (κ1) is 19.1. The maximum Gasteiger partial charge on any atom is 0.305 e. The van der Waals surface area contributed by atoms with Crippen LogP contribution in [0.1, 0.15) is 12.0 Å². The molecule has 2 heterocycles. The molecule has 1 aromatic carbocycles. The van der Waals surface area contributed by atoms with Crippen molar-refractivity contribution in [2.24, 2.45) is 0 Å². The number of aliphatic carboxylic acids is 1. The van der Waals surface area contributed by atoms with Gasteiger partial charge in [0.15, 0.2) is 5.82 Å². The second-order valence-corrected chi connectivity index (χ2v) is 5.95. The number of ether oxygens (including phenoxy) is 1. The summed E-state index contributed by atoms with van der Waals surface area (Å²) in [5.74, 6) is 1.51. The van der Waals surface area contributed by atoms with Crippen LogP contribution < -0.4 is 15.4 Å². The van der Waals surface area contributed by atoms with E-state index < -0.39 is 5.97 Å². The third-order valence-corrected chi connectivity index (χ3v) is 3.87. The molecule has 0 aliphatic carbocycles. The molecule has 0 saturated heterocycles. The highest BCUT2D eigenvalue weighted by Crippen LogP contribution is 2.20. The average molecular weight is 379 g/mol. The van der Waals surface area contributed by atoms with Crippen LogP contribution in [0.5, 0.6) is 5.75 Å². The van der Waals surface area contributed by atoms with Crippen molar-refractivity contribution in [3.63, 3.8) is 0 Å². The molecule has 0 bridgehead atoms. The van der Waals surface area contributed by atoms with E-state index in [9.17, 15) is 4.79 Å². The molecular weight excluding hydrogens is 358 g/mol. The van der Waals surface area contributed by atoms with Crippen LogP contribution in [-0.2, 0) is 11.3 Å². The normalized spacial score (nSPS) is 10.3. The molecule has 3 aromatic rings. The maximum absolute atomic E-state index is 10.8. The van der Waals surface area contributed by atoms with Crippen molar-refractivity contribution >= 4 is 17.6 Å². The Morgan fingerprint density at radius 2 is 1.89 bits per heavy atom.